The molecule has 0 heterocycles. The van der Waals surface area contributed by atoms with Crippen molar-refractivity contribution in [2.24, 2.45) is 0 Å². The molecule has 0 radical (unpaired) electrons. The number of rotatable bonds is 3. The molecule has 0 bridgehead atoms. The third-order valence-electron chi connectivity index (χ3n) is 1.28. The number of benzene rings is 1. The van der Waals surface area contributed by atoms with Crippen molar-refractivity contribution < 1.29 is 9.59 Å². The largest absolute Gasteiger partial charge is 0.302 e. The predicted molar refractivity (Wildman–Crippen MR) is 52.0 cm³/mol. The molecular formula is C8H7BrN2O2. The normalized spacial score (nSPS) is 9.00. The molecule has 1 rings (SSSR count). The molecule has 0 atom stereocenters. The molecule has 13 heavy (non-hydrogen) atoms. The summed E-state index contributed by atoms with van der Waals surface area (Å²) in [7, 11) is 0. The van der Waals surface area contributed by atoms with Gasteiger partial charge in [-0.25, -0.2) is 0 Å². The highest BCUT2D eigenvalue weighted by Crippen LogP contribution is 2.12. The van der Waals surface area contributed by atoms with Crippen LogP contribution < -0.4 is 10.9 Å². The van der Waals surface area contributed by atoms with Crippen molar-refractivity contribution in [3.63, 3.8) is 0 Å². The number of hydrazine groups is 1. The molecular weight excluding hydrogens is 236 g/mol. The lowest BCUT2D eigenvalue weighted by atomic mass is 10.3. The van der Waals surface area contributed by atoms with Crippen LogP contribution in [0.2, 0.25) is 0 Å². The standard InChI is InChI=1S/C8H7BrN2O2/c9-6-1-3-7(4-2-6)10-11-8(13)5-12/h1-5,10H,(H,11,13). The average molecular weight is 243 g/mol. The van der Waals surface area contributed by atoms with E-state index < -0.39 is 5.91 Å². The van der Waals surface area contributed by atoms with Gasteiger partial charge in [-0.2, -0.15) is 0 Å². The van der Waals surface area contributed by atoms with Crippen molar-refractivity contribution in [2.45, 2.75) is 0 Å². The van der Waals surface area contributed by atoms with Gasteiger partial charge in [0.15, 0.2) is 0 Å². The third-order valence-corrected chi connectivity index (χ3v) is 1.81. The van der Waals surface area contributed by atoms with Gasteiger partial charge in [-0.15, -0.1) is 0 Å². The van der Waals surface area contributed by atoms with Gasteiger partial charge in [0.2, 0.25) is 6.29 Å². The number of aldehydes is 1. The average Bonchev–Trinajstić information content (AvgIpc) is 2.16. The Morgan fingerprint density at radius 2 is 1.92 bits per heavy atom. The molecule has 0 spiro atoms. The lowest BCUT2D eigenvalue weighted by Gasteiger charge is -2.04. The van der Waals surface area contributed by atoms with Crippen LogP contribution in [0.5, 0.6) is 0 Å². The van der Waals surface area contributed by atoms with Gasteiger partial charge in [-0.3, -0.25) is 20.4 Å². The Balaban J connectivity index is 2.50. The topological polar surface area (TPSA) is 58.2 Å². The highest BCUT2D eigenvalue weighted by molar-refractivity contribution is 9.10. The van der Waals surface area contributed by atoms with Gasteiger partial charge in [-0.1, -0.05) is 15.9 Å². The second kappa shape index (κ2) is 4.61. The van der Waals surface area contributed by atoms with Gasteiger partial charge < -0.3 is 0 Å². The highest BCUT2D eigenvalue weighted by Gasteiger charge is 1.95. The summed E-state index contributed by atoms with van der Waals surface area (Å²) in [6.07, 6.45) is 0.200. The zero-order valence-corrected chi connectivity index (χ0v) is 8.17. The SMILES string of the molecule is O=CC(=O)NNc1ccc(Br)cc1. The molecule has 0 aromatic heterocycles. The van der Waals surface area contributed by atoms with E-state index in [9.17, 15) is 9.59 Å². The molecule has 1 aromatic rings. The Morgan fingerprint density at radius 1 is 1.31 bits per heavy atom. The van der Waals surface area contributed by atoms with Crippen molar-refractivity contribution in [1.82, 2.24) is 5.43 Å². The Morgan fingerprint density at radius 3 is 2.46 bits per heavy atom. The number of amides is 1. The van der Waals surface area contributed by atoms with Gasteiger partial charge >= 0.3 is 5.91 Å². The minimum absolute atomic E-state index is 0.200. The van der Waals surface area contributed by atoms with Gasteiger partial charge in [0.25, 0.3) is 0 Å². The van der Waals surface area contributed by atoms with Crippen LogP contribution in [0.1, 0.15) is 0 Å². The first-order valence-electron chi connectivity index (χ1n) is 3.49. The monoisotopic (exact) mass is 242 g/mol. The van der Waals surface area contributed by atoms with E-state index in [0.29, 0.717) is 5.69 Å². The Hall–Kier alpha value is -1.36. The van der Waals surface area contributed by atoms with Crippen LogP contribution in [-0.2, 0) is 9.59 Å². The second-order valence-corrected chi connectivity index (χ2v) is 3.15. The molecule has 0 fully saturated rings. The van der Waals surface area contributed by atoms with Crippen LogP contribution in [0, 0.1) is 0 Å². The lowest BCUT2D eigenvalue weighted by molar-refractivity contribution is -0.130. The van der Waals surface area contributed by atoms with E-state index in [1.165, 1.54) is 0 Å². The maximum atomic E-state index is 10.5. The van der Waals surface area contributed by atoms with E-state index >= 15 is 0 Å². The Kier molecular flexibility index (Phi) is 3.45. The van der Waals surface area contributed by atoms with Crippen molar-refractivity contribution in [2.75, 3.05) is 5.43 Å². The minimum atomic E-state index is -0.706. The van der Waals surface area contributed by atoms with E-state index in [1.807, 2.05) is 12.1 Å². The van der Waals surface area contributed by atoms with Crippen LogP contribution in [0.15, 0.2) is 28.7 Å². The zero-order valence-electron chi connectivity index (χ0n) is 6.58. The van der Waals surface area contributed by atoms with E-state index in [1.54, 1.807) is 12.1 Å². The maximum Gasteiger partial charge on any atom is 0.302 e. The van der Waals surface area contributed by atoms with Crippen molar-refractivity contribution in [3.8, 4) is 0 Å². The molecule has 4 nitrogen and oxygen atoms in total. The summed E-state index contributed by atoms with van der Waals surface area (Å²) in [6, 6.07) is 7.15. The second-order valence-electron chi connectivity index (χ2n) is 2.24. The summed E-state index contributed by atoms with van der Waals surface area (Å²) in [5.41, 5.74) is 5.47. The first-order chi connectivity index (χ1) is 6.22. The summed E-state index contributed by atoms with van der Waals surface area (Å²) < 4.78 is 0.944. The molecule has 68 valence electrons. The summed E-state index contributed by atoms with van der Waals surface area (Å²) in [4.78, 5) is 20.4. The quantitative estimate of drug-likeness (QED) is 0.474. The molecule has 0 aliphatic rings. The smallest absolute Gasteiger partial charge is 0.298 e. The number of nitrogens with one attached hydrogen (secondary N) is 2. The number of carbonyl (C=O) groups excluding carboxylic acids is 2. The molecule has 0 aliphatic heterocycles. The fraction of sp³-hybridized carbons (Fsp3) is 0. The number of hydrogen-bond acceptors (Lipinski definition) is 3. The van der Waals surface area contributed by atoms with Gasteiger partial charge in [0.1, 0.15) is 0 Å². The van der Waals surface area contributed by atoms with Crippen LogP contribution >= 0.6 is 15.9 Å². The van der Waals surface area contributed by atoms with Crippen molar-refractivity contribution in [3.05, 3.63) is 28.7 Å². The number of hydrogen-bond donors (Lipinski definition) is 2. The molecule has 2 N–H and O–H groups in total. The van der Waals surface area contributed by atoms with E-state index in [0.717, 1.165) is 4.47 Å². The van der Waals surface area contributed by atoms with Crippen LogP contribution in [-0.4, -0.2) is 12.2 Å². The Labute approximate surface area is 83.4 Å². The van der Waals surface area contributed by atoms with Gasteiger partial charge in [0, 0.05) is 4.47 Å². The fourth-order valence-electron chi connectivity index (χ4n) is 0.696. The summed E-state index contributed by atoms with van der Waals surface area (Å²) in [6.45, 7) is 0. The van der Waals surface area contributed by atoms with Crippen molar-refractivity contribution in [1.29, 1.82) is 0 Å². The molecule has 0 aliphatic carbocycles. The van der Waals surface area contributed by atoms with E-state index in [2.05, 4.69) is 26.8 Å². The van der Waals surface area contributed by atoms with E-state index in [4.69, 9.17) is 0 Å². The first kappa shape index (κ1) is 9.73. The molecule has 0 unspecified atom stereocenters. The molecule has 1 amide bonds. The first-order valence-corrected chi connectivity index (χ1v) is 4.28. The van der Waals surface area contributed by atoms with Gasteiger partial charge in [0.05, 0.1) is 5.69 Å². The number of halogens is 1. The van der Waals surface area contributed by atoms with Crippen LogP contribution in [0.3, 0.4) is 0 Å². The number of carbonyl (C=O) groups is 2. The molecule has 0 saturated carbocycles. The van der Waals surface area contributed by atoms with Crippen LogP contribution in [0.25, 0.3) is 0 Å². The summed E-state index contributed by atoms with van der Waals surface area (Å²) in [5.74, 6) is -0.706. The third kappa shape index (κ3) is 3.25. The maximum absolute atomic E-state index is 10.5. The lowest BCUT2D eigenvalue weighted by Crippen LogP contribution is -2.29. The summed E-state index contributed by atoms with van der Waals surface area (Å²) in [5, 5.41) is 0. The molecule has 5 heteroatoms. The Bertz CT molecular complexity index is 310. The molecule has 1 aromatic carbocycles. The molecule has 0 saturated heterocycles. The van der Waals surface area contributed by atoms with Crippen LogP contribution in [0.4, 0.5) is 5.69 Å². The highest BCUT2D eigenvalue weighted by atomic mass is 79.9. The zero-order chi connectivity index (χ0) is 9.68. The fourth-order valence-corrected chi connectivity index (χ4v) is 0.961. The number of anilines is 1. The van der Waals surface area contributed by atoms with E-state index in [-0.39, 0.29) is 6.29 Å². The predicted octanol–water partition coefficient (Wildman–Crippen LogP) is 1.09. The summed E-state index contributed by atoms with van der Waals surface area (Å²) >= 11 is 3.27. The minimum Gasteiger partial charge on any atom is -0.298 e. The van der Waals surface area contributed by atoms with Gasteiger partial charge in [-0.05, 0) is 24.3 Å². The van der Waals surface area contributed by atoms with Crippen molar-refractivity contribution >= 4 is 33.8 Å².